The largest absolute Gasteiger partial charge is 0.311 e. The van der Waals surface area contributed by atoms with Gasteiger partial charge in [-0.05, 0) is 12.1 Å². The molecular formula is C8H5FINO. The third kappa shape index (κ3) is 2.16. The van der Waals surface area contributed by atoms with Crippen LogP contribution in [0.2, 0.25) is 0 Å². The Bertz CT molecular complexity index is 321. The molecule has 0 spiro atoms. The Balaban J connectivity index is 2.97. The first-order valence-corrected chi connectivity index (χ1v) is 4.08. The van der Waals surface area contributed by atoms with Gasteiger partial charge in [0.15, 0.2) is 0 Å². The Morgan fingerprint density at radius 3 is 2.83 bits per heavy atom. The molecule has 0 aromatic heterocycles. The fourth-order valence-electron chi connectivity index (χ4n) is 0.793. The third-order valence-corrected chi connectivity index (χ3v) is 1.70. The number of rotatable bonds is 2. The van der Waals surface area contributed by atoms with E-state index >= 15 is 0 Å². The fraction of sp³-hybridized carbons (Fsp3) is 0.125. The van der Waals surface area contributed by atoms with Crippen LogP contribution in [-0.4, -0.2) is 0 Å². The van der Waals surface area contributed by atoms with E-state index in [9.17, 15) is 4.39 Å². The number of nitrogens with zero attached hydrogens (tertiary/aromatic N) is 1. The van der Waals surface area contributed by atoms with E-state index in [1.54, 1.807) is 35.1 Å². The van der Waals surface area contributed by atoms with Crippen molar-refractivity contribution in [1.29, 1.82) is 5.26 Å². The van der Waals surface area contributed by atoms with Crippen LogP contribution in [0.5, 0.6) is 0 Å². The van der Waals surface area contributed by atoms with E-state index in [2.05, 4.69) is 0 Å². The zero-order chi connectivity index (χ0) is 8.97. The highest BCUT2D eigenvalue weighted by atomic mass is 127. The summed E-state index contributed by atoms with van der Waals surface area (Å²) in [6.45, 7) is 0.220. The summed E-state index contributed by atoms with van der Waals surface area (Å²) >= 11 is 1.69. The molecule has 0 aliphatic heterocycles. The summed E-state index contributed by atoms with van der Waals surface area (Å²) in [6.07, 6.45) is 0. The highest BCUT2D eigenvalue weighted by molar-refractivity contribution is 14.1. The van der Waals surface area contributed by atoms with Gasteiger partial charge in [0.05, 0.1) is 18.2 Å². The minimum absolute atomic E-state index is 0.220. The van der Waals surface area contributed by atoms with Crippen molar-refractivity contribution in [3.63, 3.8) is 0 Å². The van der Waals surface area contributed by atoms with Gasteiger partial charge >= 0.3 is 0 Å². The molecule has 0 amide bonds. The van der Waals surface area contributed by atoms with Crippen LogP contribution in [0.3, 0.4) is 0 Å². The van der Waals surface area contributed by atoms with Crippen molar-refractivity contribution in [2.24, 2.45) is 0 Å². The maximum absolute atomic E-state index is 13.0. The first-order valence-electron chi connectivity index (χ1n) is 3.20. The Morgan fingerprint density at radius 1 is 1.58 bits per heavy atom. The van der Waals surface area contributed by atoms with Gasteiger partial charge in [0.25, 0.3) is 0 Å². The molecule has 4 heteroatoms. The van der Waals surface area contributed by atoms with Crippen LogP contribution in [0.1, 0.15) is 11.1 Å². The van der Waals surface area contributed by atoms with Crippen molar-refractivity contribution < 1.29 is 7.46 Å². The number of hydrogen-bond donors (Lipinski definition) is 0. The molecule has 1 aromatic rings. The molecular weight excluding hydrogens is 272 g/mol. The molecule has 0 N–H and O–H groups in total. The predicted octanol–water partition coefficient (Wildman–Crippen LogP) is 2.56. The minimum Gasteiger partial charge on any atom is -0.311 e. The third-order valence-electron chi connectivity index (χ3n) is 1.39. The molecule has 0 heterocycles. The van der Waals surface area contributed by atoms with Gasteiger partial charge in [-0.25, -0.2) is 4.39 Å². The molecule has 1 rings (SSSR count). The van der Waals surface area contributed by atoms with Crippen LogP contribution in [0.15, 0.2) is 18.2 Å². The Morgan fingerprint density at radius 2 is 2.33 bits per heavy atom. The minimum atomic E-state index is -0.397. The van der Waals surface area contributed by atoms with Gasteiger partial charge in [0.1, 0.15) is 28.8 Å². The Labute approximate surface area is 83.6 Å². The number of hydrogen-bond acceptors (Lipinski definition) is 2. The van der Waals surface area contributed by atoms with Crippen LogP contribution >= 0.6 is 23.0 Å². The summed E-state index contributed by atoms with van der Waals surface area (Å²) in [5.74, 6) is -0.397. The summed E-state index contributed by atoms with van der Waals surface area (Å²) in [5, 5.41) is 8.43. The maximum atomic E-state index is 13.0. The van der Waals surface area contributed by atoms with Gasteiger partial charge in [0, 0.05) is 5.56 Å². The van der Waals surface area contributed by atoms with Crippen molar-refractivity contribution in [2.45, 2.75) is 6.61 Å². The molecule has 0 aliphatic carbocycles. The molecule has 0 fully saturated rings. The van der Waals surface area contributed by atoms with Crippen LogP contribution in [0.4, 0.5) is 4.39 Å². The molecule has 62 valence electrons. The van der Waals surface area contributed by atoms with Gasteiger partial charge in [0.2, 0.25) is 0 Å². The normalized spacial score (nSPS) is 9.42. The lowest BCUT2D eigenvalue weighted by molar-refractivity contribution is 0.405. The van der Waals surface area contributed by atoms with Crippen molar-refractivity contribution in [3.8, 4) is 6.07 Å². The molecule has 2 nitrogen and oxygen atoms in total. The first kappa shape index (κ1) is 9.42. The molecule has 0 saturated carbocycles. The average molecular weight is 277 g/mol. The van der Waals surface area contributed by atoms with Gasteiger partial charge in [-0.15, -0.1) is 0 Å². The molecule has 0 atom stereocenters. The smallest absolute Gasteiger partial charge is 0.130 e. The lowest BCUT2D eigenvalue weighted by Crippen LogP contribution is -1.90. The van der Waals surface area contributed by atoms with E-state index in [0.717, 1.165) is 0 Å². The van der Waals surface area contributed by atoms with Gasteiger partial charge in [-0.2, -0.15) is 5.26 Å². The van der Waals surface area contributed by atoms with E-state index in [1.807, 2.05) is 6.07 Å². The van der Waals surface area contributed by atoms with Gasteiger partial charge < -0.3 is 3.07 Å². The van der Waals surface area contributed by atoms with Crippen LogP contribution in [0.25, 0.3) is 0 Å². The van der Waals surface area contributed by atoms with E-state index in [0.29, 0.717) is 11.1 Å². The van der Waals surface area contributed by atoms with E-state index in [-0.39, 0.29) is 6.61 Å². The monoisotopic (exact) mass is 277 g/mol. The predicted molar refractivity (Wildman–Crippen MR) is 49.9 cm³/mol. The second kappa shape index (κ2) is 4.38. The summed E-state index contributed by atoms with van der Waals surface area (Å²) in [7, 11) is 0. The zero-order valence-corrected chi connectivity index (χ0v) is 8.21. The van der Waals surface area contributed by atoms with Crippen LogP contribution in [0, 0.1) is 17.1 Å². The van der Waals surface area contributed by atoms with Crippen molar-refractivity contribution in [3.05, 3.63) is 35.1 Å². The highest BCUT2D eigenvalue weighted by Crippen LogP contribution is 2.11. The molecule has 0 saturated heterocycles. The molecule has 12 heavy (non-hydrogen) atoms. The van der Waals surface area contributed by atoms with Gasteiger partial charge in [-0.1, -0.05) is 6.07 Å². The van der Waals surface area contributed by atoms with Crippen molar-refractivity contribution in [2.75, 3.05) is 0 Å². The Kier molecular flexibility index (Phi) is 3.44. The average Bonchev–Trinajstić information content (AvgIpc) is 2.09. The standard InChI is InChI=1S/C8H5FINO/c9-8-3-6(4-11)1-2-7(8)5-12-10/h1-3H,5H2. The van der Waals surface area contributed by atoms with Gasteiger partial charge in [-0.3, -0.25) is 0 Å². The van der Waals surface area contributed by atoms with Crippen LogP contribution in [-0.2, 0) is 9.67 Å². The van der Waals surface area contributed by atoms with E-state index in [1.165, 1.54) is 6.07 Å². The SMILES string of the molecule is N#Cc1ccc(COI)c(F)c1. The summed E-state index contributed by atoms with van der Waals surface area (Å²) in [6, 6.07) is 6.17. The molecule has 0 unspecified atom stereocenters. The molecule has 0 aliphatic rings. The van der Waals surface area contributed by atoms with Crippen molar-refractivity contribution >= 4 is 23.0 Å². The van der Waals surface area contributed by atoms with E-state index < -0.39 is 5.82 Å². The zero-order valence-electron chi connectivity index (χ0n) is 6.05. The number of benzene rings is 1. The lowest BCUT2D eigenvalue weighted by atomic mass is 10.1. The summed E-state index contributed by atoms with van der Waals surface area (Å²) in [5.41, 5.74) is 0.785. The first-order chi connectivity index (χ1) is 5.77. The van der Waals surface area contributed by atoms with Crippen molar-refractivity contribution in [1.82, 2.24) is 0 Å². The highest BCUT2D eigenvalue weighted by Gasteiger charge is 2.02. The molecule has 0 bridgehead atoms. The van der Waals surface area contributed by atoms with E-state index in [4.69, 9.17) is 8.33 Å². The molecule has 0 radical (unpaired) electrons. The molecule has 1 aromatic carbocycles. The summed E-state index contributed by atoms with van der Waals surface area (Å²) in [4.78, 5) is 0. The maximum Gasteiger partial charge on any atom is 0.130 e. The fourth-order valence-corrected chi connectivity index (χ4v) is 1.13. The quantitative estimate of drug-likeness (QED) is 0.778. The number of nitriles is 1. The second-order valence-corrected chi connectivity index (χ2v) is 2.79. The second-order valence-electron chi connectivity index (χ2n) is 2.17. The Hall–Kier alpha value is -0.670. The number of halogens is 2. The topological polar surface area (TPSA) is 33.0 Å². The summed E-state index contributed by atoms with van der Waals surface area (Å²) < 4.78 is 17.7. The van der Waals surface area contributed by atoms with Crippen LogP contribution < -0.4 is 0 Å². The lowest BCUT2D eigenvalue weighted by Gasteiger charge is -1.99.